The first-order valence-electron chi connectivity index (χ1n) is 5.17. The quantitative estimate of drug-likeness (QED) is 0.794. The average molecular weight is 219 g/mol. The van der Waals surface area contributed by atoms with Crippen LogP contribution in [-0.4, -0.2) is 17.6 Å². The highest BCUT2D eigenvalue weighted by Crippen LogP contribution is 2.31. The molecule has 0 spiro atoms. The Kier molecular flexibility index (Phi) is 3.72. The lowest BCUT2D eigenvalue weighted by Gasteiger charge is -2.24. The van der Waals surface area contributed by atoms with Gasteiger partial charge in [0.05, 0.1) is 5.69 Å². The molecule has 0 aliphatic carbocycles. The van der Waals surface area contributed by atoms with Gasteiger partial charge in [0.2, 0.25) is 5.91 Å². The number of rotatable bonds is 3. The molecule has 0 saturated carbocycles. The molecule has 86 valence electrons. The molecule has 1 aromatic carbocycles. The van der Waals surface area contributed by atoms with E-state index in [1.54, 1.807) is 30.0 Å². The van der Waals surface area contributed by atoms with Gasteiger partial charge >= 0.3 is 0 Å². The predicted molar refractivity (Wildman–Crippen MR) is 65.8 cm³/mol. The topological polar surface area (TPSA) is 40.5 Å². The molecule has 0 saturated heterocycles. The van der Waals surface area contributed by atoms with Crippen LogP contribution in [0.4, 0.5) is 5.69 Å². The summed E-state index contributed by atoms with van der Waals surface area (Å²) in [5, 5.41) is 9.66. The lowest BCUT2D eigenvalue weighted by molar-refractivity contribution is -0.116. The zero-order chi connectivity index (χ0) is 12.3. The van der Waals surface area contributed by atoms with Crippen molar-refractivity contribution in [2.24, 2.45) is 0 Å². The number of nitrogens with zero attached hydrogens (tertiary/aromatic N) is 1. The summed E-state index contributed by atoms with van der Waals surface area (Å²) in [5.74, 6) is 0.146. The van der Waals surface area contributed by atoms with E-state index in [9.17, 15) is 9.90 Å². The number of aryl methyl sites for hydroxylation is 1. The number of phenols is 1. The van der Waals surface area contributed by atoms with Gasteiger partial charge < -0.3 is 10.0 Å². The van der Waals surface area contributed by atoms with Gasteiger partial charge in [-0.1, -0.05) is 12.1 Å². The third-order valence-corrected chi connectivity index (χ3v) is 2.57. The van der Waals surface area contributed by atoms with E-state index in [1.807, 2.05) is 6.92 Å². The number of hydrogen-bond acceptors (Lipinski definition) is 2. The first-order chi connectivity index (χ1) is 7.49. The van der Waals surface area contributed by atoms with Gasteiger partial charge in [-0.2, -0.15) is 0 Å². The maximum absolute atomic E-state index is 11.5. The third kappa shape index (κ3) is 2.24. The number of carbonyl (C=O) groups excluding carboxylic acids is 1. The van der Waals surface area contributed by atoms with Crippen LogP contribution in [0.15, 0.2) is 24.8 Å². The maximum Gasteiger partial charge on any atom is 0.224 e. The lowest BCUT2D eigenvalue weighted by atomic mass is 10.1. The van der Waals surface area contributed by atoms with Gasteiger partial charge in [-0.3, -0.25) is 4.79 Å². The Bertz CT molecular complexity index is 424. The Balaban J connectivity index is 3.33. The van der Waals surface area contributed by atoms with Gasteiger partial charge in [0, 0.05) is 19.0 Å². The van der Waals surface area contributed by atoms with Gasteiger partial charge in [-0.15, -0.1) is 6.58 Å². The summed E-state index contributed by atoms with van der Waals surface area (Å²) in [4.78, 5) is 13.2. The van der Waals surface area contributed by atoms with Gasteiger partial charge in [0.15, 0.2) is 0 Å². The van der Waals surface area contributed by atoms with E-state index in [-0.39, 0.29) is 11.7 Å². The van der Waals surface area contributed by atoms with Crippen molar-refractivity contribution in [1.29, 1.82) is 0 Å². The Hall–Kier alpha value is -1.77. The molecule has 0 unspecified atom stereocenters. The minimum Gasteiger partial charge on any atom is -0.508 e. The summed E-state index contributed by atoms with van der Waals surface area (Å²) in [6, 6.07) is 3.44. The van der Waals surface area contributed by atoms with Crippen molar-refractivity contribution >= 4 is 11.6 Å². The van der Waals surface area contributed by atoms with Crippen LogP contribution < -0.4 is 4.90 Å². The van der Waals surface area contributed by atoms with Crippen LogP contribution in [0.2, 0.25) is 0 Å². The van der Waals surface area contributed by atoms with E-state index in [2.05, 4.69) is 6.58 Å². The van der Waals surface area contributed by atoms with Crippen LogP contribution in [0.5, 0.6) is 5.75 Å². The molecule has 1 amide bonds. The molecule has 0 bridgehead atoms. The van der Waals surface area contributed by atoms with Crippen molar-refractivity contribution in [3.05, 3.63) is 35.9 Å². The molecule has 1 aromatic rings. The standard InChI is InChI=1S/C13H17NO2/c1-5-8-14(11(4)15)13-9(2)6-7-12(16)10(13)3/h5-7,16H,1,8H2,2-4H3. The summed E-state index contributed by atoms with van der Waals surface area (Å²) < 4.78 is 0. The molecule has 1 rings (SSSR count). The summed E-state index contributed by atoms with van der Waals surface area (Å²) >= 11 is 0. The molecule has 0 heterocycles. The Morgan fingerprint density at radius 2 is 2.12 bits per heavy atom. The smallest absolute Gasteiger partial charge is 0.224 e. The zero-order valence-corrected chi connectivity index (χ0v) is 9.95. The third-order valence-electron chi connectivity index (χ3n) is 2.57. The van der Waals surface area contributed by atoms with E-state index >= 15 is 0 Å². The van der Waals surface area contributed by atoms with E-state index < -0.39 is 0 Å². The summed E-state index contributed by atoms with van der Waals surface area (Å²) in [6.45, 7) is 9.30. The fourth-order valence-electron chi connectivity index (χ4n) is 1.75. The first kappa shape index (κ1) is 12.3. The Labute approximate surface area is 96.0 Å². The van der Waals surface area contributed by atoms with Crippen LogP contribution in [0.1, 0.15) is 18.1 Å². The van der Waals surface area contributed by atoms with Crippen molar-refractivity contribution in [1.82, 2.24) is 0 Å². The van der Waals surface area contributed by atoms with Crippen molar-refractivity contribution in [2.75, 3.05) is 11.4 Å². The van der Waals surface area contributed by atoms with Crippen LogP contribution in [0, 0.1) is 13.8 Å². The second kappa shape index (κ2) is 4.84. The lowest BCUT2D eigenvalue weighted by Crippen LogP contribution is -2.29. The van der Waals surface area contributed by atoms with Crippen molar-refractivity contribution in [3.63, 3.8) is 0 Å². The van der Waals surface area contributed by atoms with Crippen LogP contribution in [0.25, 0.3) is 0 Å². The van der Waals surface area contributed by atoms with Crippen molar-refractivity contribution in [2.45, 2.75) is 20.8 Å². The molecular formula is C13H17NO2. The van der Waals surface area contributed by atoms with Crippen LogP contribution in [-0.2, 0) is 4.79 Å². The zero-order valence-electron chi connectivity index (χ0n) is 9.95. The molecule has 0 aromatic heterocycles. The average Bonchev–Trinajstić information content (AvgIpc) is 2.22. The SMILES string of the molecule is C=CCN(C(C)=O)c1c(C)ccc(O)c1C. The number of benzene rings is 1. The number of anilines is 1. The minimum atomic E-state index is -0.0586. The van der Waals surface area contributed by atoms with Gasteiger partial charge in [-0.25, -0.2) is 0 Å². The first-order valence-corrected chi connectivity index (χ1v) is 5.17. The van der Waals surface area contributed by atoms with Gasteiger partial charge in [0.25, 0.3) is 0 Å². The number of hydrogen-bond donors (Lipinski definition) is 1. The van der Waals surface area contributed by atoms with Crippen molar-refractivity contribution in [3.8, 4) is 5.75 Å². The number of amides is 1. The summed E-state index contributed by atoms with van der Waals surface area (Å²) in [5.41, 5.74) is 2.46. The number of carbonyl (C=O) groups is 1. The fourth-order valence-corrected chi connectivity index (χ4v) is 1.75. The van der Waals surface area contributed by atoms with E-state index in [1.165, 1.54) is 6.92 Å². The van der Waals surface area contributed by atoms with Crippen molar-refractivity contribution < 1.29 is 9.90 Å². The Morgan fingerprint density at radius 1 is 1.50 bits per heavy atom. The predicted octanol–water partition coefficient (Wildman–Crippen LogP) is 2.55. The van der Waals surface area contributed by atoms with Gasteiger partial charge in [0.1, 0.15) is 5.75 Å². The summed E-state index contributed by atoms with van der Waals surface area (Å²) in [6.07, 6.45) is 1.67. The Morgan fingerprint density at radius 3 is 2.62 bits per heavy atom. The molecule has 0 atom stereocenters. The molecular weight excluding hydrogens is 202 g/mol. The molecule has 1 N–H and O–H groups in total. The monoisotopic (exact) mass is 219 g/mol. The van der Waals surface area contributed by atoms with E-state index in [4.69, 9.17) is 0 Å². The molecule has 3 heteroatoms. The van der Waals surface area contributed by atoms with E-state index in [0.717, 1.165) is 16.8 Å². The van der Waals surface area contributed by atoms with Gasteiger partial charge in [-0.05, 0) is 25.5 Å². The molecule has 0 fully saturated rings. The highest BCUT2D eigenvalue weighted by Gasteiger charge is 2.16. The molecule has 3 nitrogen and oxygen atoms in total. The number of phenolic OH excluding ortho intramolecular Hbond substituents is 1. The second-order valence-electron chi connectivity index (χ2n) is 3.79. The van der Waals surface area contributed by atoms with Crippen LogP contribution in [0.3, 0.4) is 0 Å². The van der Waals surface area contributed by atoms with E-state index in [0.29, 0.717) is 6.54 Å². The summed E-state index contributed by atoms with van der Waals surface area (Å²) in [7, 11) is 0. The number of aromatic hydroxyl groups is 1. The molecule has 0 aliphatic heterocycles. The highest BCUT2D eigenvalue weighted by atomic mass is 16.3. The molecule has 16 heavy (non-hydrogen) atoms. The maximum atomic E-state index is 11.5. The molecule has 0 radical (unpaired) electrons. The largest absolute Gasteiger partial charge is 0.508 e. The molecule has 0 aliphatic rings. The minimum absolute atomic E-state index is 0.0586. The fraction of sp³-hybridized carbons (Fsp3) is 0.308. The second-order valence-corrected chi connectivity index (χ2v) is 3.79. The highest BCUT2D eigenvalue weighted by molar-refractivity contribution is 5.93. The normalized spacial score (nSPS) is 9.94. The van der Waals surface area contributed by atoms with Crippen LogP contribution >= 0.6 is 0 Å².